The summed E-state index contributed by atoms with van der Waals surface area (Å²) >= 11 is 0. The number of hydrogen-bond acceptors (Lipinski definition) is 3. The molecule has 0 radical (unpaired) electrons. The molecule has 1 saturated heterocycles. The molecule has 2 N–H and O–H groups in total. The second kappa shape index (κ2) is 8.08. The number of nitrogens with zero attached hydrogens (tertiary/aromatic N) is 1. The van der Waals surface area contributed by atoms with E-state index in [0.717, 1.165) is 45.6 Å². The number of carbonyl (C=O) groups is 2. The van der Waals surface area contributed by atoms with Crippen LogP contribution in [0.4, 0.5) is 0 Å². The largest absolute Gasteiger partial charge is 0.356 e. The summed E-state index contributed by atoms with van der Waals surface area (Å²) in [5.74, 6) is 0.791. The van der Waals surface area contributed by atoms with Gasteiger partial charge in [0.2, 0.25) is 11.8 Å². The number of hydrogen-bond donors (Lipinski definition) is 2. The lowest BCUT2D eigenvalue weighted by Gasteiger charge is -2.32. The molecule has 2 amide bonds. The molecular weight excluding hydrogens is 230 g/mol. The Morgan fingerprint density at radius 2 is 1.94 bits per heavy atom. The van der Waals surface area contributed by atoms with E-state index in [1.807, 2.05) is 11.8 Å². The Bertz CT molecular complexity index is 273. The fourth-order valence-corrected chi connectivity index (χ4v) is 2.20. The maximum absolute atomic E-state index is 11.9. The third-order valence-corrected chi connectivity index (χ3v) is 3.37. The van der Waals surface area contributed by atoms with E-state index in [4.69, 9.17) is 0 Å². The van der Waals surface area contributed by atoms with Crippen LogP contribution in [-0.4, -0.2) is 49.4 Å². The maximum atomic E-state index is 11.9. The number of amides is 2. The second-order valence-corrected chi connectivity index (χ2v) is 4.86. The van der Waals surface area contributed by atoms with E-state index in [2.05, 4.69) is 10.6 Å². The standard InChI is InChI=1S/C13H25N3O2/c1-3-14-7-4-13(18)16-8-5-12(6-9-16)10-15-11(2)17/h12,14H,3-10H2,1-2H3,(H,15,17). The third-order valence-electron chi connectivity index (χ3n) is 3.37. The third kappa shape index (κ3) is 5.49. The minimum absolute atomic E-state index is 0.0270. The van der Waals surface area contributed by atoms with Crippen molar-refractivity contribution >= 4 is 11.8 Å². The van der Waals surface area contributed by atoms with E-state index in [0.29, 0.717) is 12.3 Å². The Kier molecular flexibility index (Phi) is 6.72. The number of carbonyl (C=O) groups excluding carboxylic acids is 2. The van der Waals surface area contributed by atoms with Gasteiger partial charge in [-0.05, 0) is 25.3 Å². The van der Waals surface area contributed by atoms with Crippen molar-refractivity contribution in [2.24, 2.45) is 5.92 Å². The smallest absolute Gasteiger partial charge is 0.223 e. The molecule has 0 saturated carbocycles. The van der Waals surface area contributed by atoms with E-state index < -0.39 is 0 Å². The Morgan fingerprint density at radius 3 is 2.50 bits per heavy atom. The minimum Gasteiger partial charge on any atom is -0.356 e. The number of nitrogens with one attached hydrogen (secondary N) is 2. The normalized spacial score (nSPS) is 16.7. The highest BCUT2D eigenvalue weighted by Crippen LogP contribution is 2.16. The molecule has 5 nitrogen and oxygen atoms in total. The lowest BCUT2D eigenvalue weighted by Crippen LogP contribution is -2.42. The summed E-state index contributed by atoms with van der Waals surface area (Å²) in [6.45, 7) is 7.66. The van der Waals surface area contributed by atoms with Crippen LogP contribution in [0.5, 0.6) is 0 Å². The van der Waals surface area contributed by atoms with Gasteiger partial charge < -0.3 is 15.5 Å². The molecule has 1 rings (SSSR count). The van der Waals surface area contributed by atoms with Gasteiger partial charge in [0.05, 0.1) is 0 Å². The van der Waals surface area contributed by atoms with Crippen LogP contribution >= 0.6 is 0 Å². The zero-order valence-corrected chi connectivity index (χ0v) is 11.5. The molecule has 0 aromatic heterocycles. The topological polar surface area (TPSA) is 61.4 Å². The summed E-state index contributed by atoms with van der Waals surface area (Å²) in [6.07, 6.45) is 2.57. The van der Waals surface area contributed by atoms with Crippen molar-refractivity contribution in [1.82, 2.24) is 15.5 Å². The molecule has 18 heavy (non-hydrogen) atoms. The van der Waals surface area contributed by atoms with Crippen molar-refractivity contribution in [2.75, 3.05) is 32.7 Å². The average Bonchev–Trinajstić information content (AvgIpc) is 2.37. The summed E-state index contributed by atoms with van der Waals surface area (Å²) in [4.78, 5) is 24.6. The van der Waals surface area contributed by atoms with E-state index in [1.54, 1.807) is 6.92 Å². The molecular formula is C13H25N3O2. The molecule has 1 fully saturated rings. The lowest BCUT2D eigenvalue weighted by atomic mass is 9.96. The molecule has 0 aromatic carbocycles. The zero-order chi connectivity index (χ0) is 13.4. The Morgan fingerprint density at radius 1 is 1.28 bits per heavy atom. The van der Waals surface area contributed by atoms with Gasteiger partial charge in [0.1, 0.15) is 0 Å². The van der Waals surface area contributed by atoms with Gasteiger partial charge in [0, 0.05) is 39.5 Å². The van der Waals surface area contributed by atoms with Crippen molar-refractivity contribution in [3.8, 4) is 0 Å². The molecule has 5 heteroatoms. The molecule has 1 heterocycles. The van der Waals surface area contributed by atoms with E-state index >= 15 is 0 Å². The Hall–Kier alpha value is -1.10. The van der Waals surface area contributed by atoms with E-state index in [9.17, 15) is 9.59 Å². The van der Waals surface area contributed by atoms with Crippen LogP contribution in [0.3, 0.4) is 0 Å². The summed E-state index contributed by atoms with van der Waals surface area (Å²) in [7, 11) is 0. The zero-order valence-electron chi connectivity index (χ0n) is 11.5. The predicted molar refractivity (Wildman–Crippen MR) is 71.1 cm³/mol. The average molecular weight is 255 g/mol. The maximum Gasteiger partial charge on any atom is 0.223 e. The van der Waals surface area contributed by atoms with Crippen LogP contribution in [0, 0.1) is 5.92 Å². The summed E-state index contributed by atoms with van der Waals surface area (Å²) < 4.78 is 0. The van der Waals surface area contributed by atoms with Crippen LogP contribution in [0.15, 0.2) is 0 Å². The van der Waals surface area contributed by atoms with Crippen LogP contribution in [0.1, 0.15) is 33.1 Å². The van der Waals surface area contributed by atoms with Crippen molar-refractivity contribution in [3.05, 3.63) is 0 Å². The van der Waals surface area contributed by atoms with Crippen LogP contribution in [-0.2, 0) is 9.59 Å². The second-order valence-electron chi connectivity index (χ2n) is 4.86. The van der Waals surface area contributed by atoms with E-state index in [1.165, 1.54) is 0 Å². The van der Waals surface area contributed by atoms with Gasteiger partial charge >= 0.3 is 0 Å². The number of likely N-dealkylation sites (tertiary alicyclic amines) is 1. The Balaban J connectivity index is 2.17. The summed E-state index contributed by atoms with van der Waals surface area (Å²) in [5, 5.41) is 6.01. The van der Waals surface area contributed by atoms with Crippen molar-refractivity contribution in [3.63, 3.8) is 0 Å². The van der Waals surface area contributed by atoms with E-state index in [-0.39, 0.29) is 11.8 Å². The van der Waals surface area contributed by atoms with Gasteiger partial charge in [-0.3, -0.25) is 9.59 Å². The molecule has 0 aliphatic carbocycles. The van der Waals surface area contributed by atoms with Crippen LogP contribution < -0.4 is 10.6 Å². The first-order valence-corrected chi connectivity index (χ1v) is 6.86. The highest BCUT2D eigenvalue weighted by molar-refractivity contribution is 5.76. The molecule has 0 unspecified atom stereocenters. The molecule has 1 aliphatic heterocycles. The molecule has 0 bridgehead atoms. The van der Waals surface area contributed by atoms with Gasteiger partial charge in [-0.2, -0.15) is 0 Å². The molecule has 0 aromatic rings. The van der Waals surface area contributed by atoms with Crippen LogP contribution in [0.25, 0.3) is 0 Å². The first-order valence-electron chi connectivity index (χ1n) is 6.86. The van der Waals surface area contributed by atoms with Crippen molar-refractivity contribution in [1.29, 1.82) is 0 Å². The highest BCUT2D eigenvalue weighted by Gasteiger charge is 2.22. The van der Waals surface area contributed by atoms with Gasteiger partial charge in [0.15, 0.2) is 0 Å². The predicted octanol–water partition coefficient (Wildman–Crippen LogP) is 0.361. The van der Waals surface area contributed by atoms with Crippen LogP contribution in [0.2, 0.25) is 0 Å². The fraction of sp³-hybridized carbons (Fsp3) is 0.846. The summed E-state index contributed by atoms with van der Waals surface area (Å²) in [6, 6.07) is 0. The van der Waals surface area contributed by atoms with Crippen molar-refractivity contribution in [2.45, 2.75) is 33.1 Å². The molecule has 104 valence electrons. The first kappa shape index (κ1) is 15.0. The molecule has 0 spiro atoms. The van der Waals surface area contributed by atoms with Gasteiger partial charge in [-0.15, -0.1) is 0 Å². The Labute approximate surface area is 109 Å². The fourth-order valence-electron chi connectivity index (χ4n) is 2.20. The molecule has 1 aliphatic rings. The number of rotatable bonds is 6. The van der Waals surface area contributed by atoms with Gasteiger partial charge in [0.25, 0.3) is 0 Å². The number of piperidine rings is 1. The van der Waals surface area contributed by atoms with Gasteiger partial charge in [-0.25, -0.2) is 0 Å². The van der Waals surface area contributed by atoms with Crippen molar-refractivity contribution < 1.29 is 9.59 Å². The van der Waals surface area contributed by atoms with Gasteiger partial charge in [-0.1, -0.05) is 6.92 Å². The minimum atomic E-state index is 0.0270. The monoisotopic (exact) mass is 255 g/mol. The SMILES string of the molecule is CCNCCC(=O)N1CCC(CNC(C)=O)CC1. The quantitative estimate of drug-likeness (QED) is 0.674. The summed E-state index contributed by atoms with van der Waals surface area (Å²) in [5.41, 5.74) is 0. The molecule has 0 atom stereocenters. The highest BCUT2D eigenvalue weighted by atomic mass is 16.2. The lowest BCUT2D eigenvalue weighted by molar-refractivity contribution is -0.132. The first-order chi connectivity index (χ1) is 8.63.